The quantitative estimate of drug-likeness (QED) is 0.898. The molecule has 1 saturated carbocycles. The molecule has 0 unspecified atom stereocenters. The number of carbonyl (C=O) groups excluding carboxylic acids is 1. The lowest BCUT2D eigenvalue weighted by Gasteiger charge is -2.40. The summed E-state index contributed by atoms with van der Waals surface area (Å²) in [6.45, 7) is 2.66. The minimum atomic E-state index is -0.576. The summed E-state index contributed by atoms with van der Waals surface area (Å²) >= 11 is 0. The average molecular weight is 363 g/mol. The molecule has 0 radical (unpaired) electrons. The predicted molar refractivity (Wildman–Crippen MR) is 96.0 cm³/mol. The fraction of sp³-hybridized carbons (Fsp3) is 0.750. The van der Waals surface area contributed by atoms with E-state index in [0.29, 0.717) is 5.92 Å². The van der Waals surface area contributed by atoms with Crippen LogP contribution >= 0.6 is 24.8 Å². The van der Waals surface area contributed by atoms with Gasteiger partial charge in [-0.3, -0.25) is 9.48 Å². The Bertz CT molecular complexity index is 466. The molecule has 1 aromatic rings. The second-order valence-electron chi connectivity index (χ2n) is 6.68. The molecule has 1 aliphatic carbocycles. The molecule has 0 spiro atoms. The minimum Gasteiger partial charge on any atom is -0.341 e. The van der Waals surface area contributed by atoms with Crippen molar-refractivity contribution in [2.24, 2.45) is 11.7 Å². The van der Waals surface area contributed by atoms with Crippen molar-refractivity contribution < 1.29 is 4.79 Å². The largest absolute Gasteiger partial charge is 0.341 e. The van der Waals surface area contributed by atoms with E-state index in [0.717, 1.165) is 58.2 Å². The molecule has 1 aliphatic heterocycles. The van der Waals surface area contributed by atoms with Gasteiger partial charge in [0.1, 0.15) is 0 Å². The van der Waals surface area contributed by atoms with Crippen LogP contribution < -0.4 is 5.73 Å². The van der Waals surface area contributed by atoms with Crippen LogP contribution in [0.3, 0.4) is 0 Å². The third kappa shape index (κ3) is 4.85. The number of rotatable bonds is 3. The summed E-state index contributed by atoms with van der Waals surface area (Å²) in [6, 6.07) is 1.96. The number of hydrogen-bond acceptors (Lipinski definition) is 3. The smallest absolute Gasteiger partial charge is 0.242 e. The summed E-state index contributed by atoms with van der Waals surface area (Å²) in [7, 11) is 0. The van der Waals surface area contributed by atoms with Gasteiger partial charge in [-0.15, -0.1) is 24.8 Å². The first-order chi connectivity index (χ1) is 10.2. The molecule has 23 heavy (non-hydrogen) atoms. The Labute approximate surface area is 150 Å². The second-order valence-corrected chi connectivity index (χ2v) is 6.68. The van der Waals surface area contributed by atoms with E-state index in [9.17, 15) is 4.79 Å². The molecule has 7 heteroatoms. The zero-order valence-corrected chi connectivity index (χ0v) is 15.2. The van der Waals surface area contributed by atoms with Gasteiger partial charge >= 0.3 is 0 Å². The van der Waals surface area contributed by atoms with Crippen LogP contribution in [-0.2, 0) is 11.3 Å². The van der Waals surface area contributed by atoms with Gasteiger partial charge in [-0.05, 0) is 37.7 Å². The van der Waals surface area contributed by atoms with Crippen LogP contribution in [-0.4, -0.2) is 39.2 Å². The Morgan fingerprint density at radius 2 is 1.83 bits per heavy atom. The lowest BCUT2D eigenvalue weighted by atomic mass is 9.81. The first kappa shape index (κ1) is 20.3. The fourth-order valence-electron chi connectivity index (χ4n) is 3.70. The molecule has 0 aromatic carbocycles. The van der Waals surface area contributed by atoms with Gasteiger partial charge in [0.2, 0.25) is 5.91 Å². The van der Waals surface area contributed by atoms with Gasteiger partial charge in [0, 0.05) is 32.0 Å². The number of likely N-dealkylation sites (tertiary alicyclic amines) is 1. The molecular formula is C16H28Cl2N4O. The number of carbonyl (C=O) groups is 1. The molecule has 2 aliphatic rings. The van der Waals surface area contributed by atoms with Crippen LogP contribution in [0.5, 0.6) is 0 Å². The zero-order chi connectivity index (χ0) is 14.7. The Morgan fingerprint density at radius 3 is 2.39 bits per heavy atom. The van der Waals surface area contributed by atoms with Gasteiger partial charge in [-0.1, -0.05) is 19.3 Å². The highest BCUT2D eigenvalue weighted by Gasteiger charge is 2.39. The van der Waals surface area contributed by atoms with Crippen molar-refractivity contribution in [3.63, 3.8) is 0 Å². The molecule has 2 fully saturated rings. The van der Waals surface area contributed by atoms with Crippen molar-refractivity contribution in [2.45, 2.75) is 57.0 Å². The van der Waals surface area contributed by atoms with Gasteiger partial charge in [0.25, 0.3) is 0 Å². The van der Waals surface area contributed by atoms with Gasteiger partial charge in [0.15, 0.2) is 0 Å². The molecule has 1 aromatic heterocycles. The van der Waals surface area contributed by atoms with E-state index >= 15 is 0 Å². The number of piperidine rings is 1. The van der Waals surface area contributed by atoms with E-state index in [1.807, 2.05) is 28.0 Å². The molecule has 3 rings (SSSR count). The zero-order valence-electron chi connectivity index (χ0n) is 13.5. The third-order valence-electron chi connectivity index (χ3n) is 5.08. The number of aromatic nitrogens is 2. The van der Waals surface area contributed by atoms with Crippen molar-refractivity contribution in [2.75, 3.05) is 13.1 Å². The Hall–Kier alpha value is -0.780. The summed E-state index contributed by atoms with van der Waals surface area (Å²) < 4.78 is 1.99. The van der Waals surface area contributed by atoms with Crippen molar-refractivity contribution in [1.82, 2.24) is 14.7 Å². The maximum atomic E-state index is 12.7. The van der Waals surface area contributed by atoms with E-state index in [4.69, 9.17) is 5.73 Å². The lowest BCUT2D eigenvalue weighted by Crippen LogP contribution is -2.57. The molecule has 132 valence electrons. The highest BCUT2D eigenvalue weighted by Crippen LogP contribution is 2.29. The van der Waals surface area contributed by atoms with Crippen LogP contribution in [0.15, 0.2) is 18.5 Å². The molecule has 2 N–H and O–H groups in total. The summed E-state index contributed by atoms with van der Waals surface area (Å²) in [5.74, 6) is 0.814. The molecule has 0 bridgehead atoms. The Kier molecular flexibility index (Phi) is 7.84. The van der Waals surface area contributed by atoms with E-state index < -0.39 is 5.54 Å². The second kappa shape index (κ2) is 8.90. The molecule has 1 amide bonds. The standard InChI is InChI=1S/C16H26N4O.2ClH/c17-16(7-2-1-3-8-16)15(21)19-11-5-14(6-12-19)13-20-10-4-9-18-20;;/h4,9-10,14H,1-3,5-8,11-13,17H2;2*1H. The summed E-state index contributed by atoms with van der Waals surface area (Å²) in [5.41, 5.74) is 5.80. The Balaban J connectivity index is 0.00000132. The van der Waals surface area contributed by atoms with Gasteiger partial charge < -0.3 is 10.6 Å². The van der Waals surface area contributed by atoms with Crippen LogP contribution in [0.25, 0.3) is 0 Å². The van der Waals surface area contributed by atoms with Crippen LogP contribution in [0, 0.1) is 5.92 Å². The Morgan fingerprint density at radius 1 is 1.17 bits per heavy atom. The van der Waals surface area contributed by atoms with Gasteiger partial charge in [-0.2, -0.15) is 5.10 Å². The van der Waals surface area contributed by atoms with Crippen LogP contribution in [0.2, 0.25) is 0 Å². The van der Waals surface area contributed by atoms with Crippen molar-refractivity contribution in [3.8, 4) is 0 Å². The van der Waals surface area contributed by atoms with Gasteiger partial charge in [-0.25, -0.2) is 0 Å². The number of nitrogens with two attached hydrogens (primary N) is 1. The van der Waals surface area contributed by atoms with E-state index in [2.05, 4.69) is 5.10 Å². The number of hydrogen-bond donors (Lipinski definition) is 1. The SMILES string of the molecule is Cl.Cl.NC1(C(=O)N2CCC(Cn3cccn3)CC2)CCCCC1. The normalized spacial score (nSPS) is 21.2. The highest BCUT2D eigenvalue weighted by molar-refractivity contribution is 5.86. The van der Waals surface area contributed by atoms with Crippen molar-refractivity contribution in [1.29, 1.82) is 0 Å². The maximum absolute atomic E-state index is 12.7. The first-order valence-electron chi connectivity index (χ1n) is 8.23. The lowest BCUT2D eigenvalue weighted by molar-refractivity contribution is -0.139. The van der Waals surface area contributed by atoms with Crippen molar-refractivity contribution >= 4 is 30.7 Å². The first-order valence-corrected chi connectivity index (χ1v) is 8.23. The average Bonchev–Trinajstić information content (AvgIpc) is 3.01. The van der Waals surface area contributed by atoms with E-state index in [-0.39, 0.29) is 30.7 Å². The number of halogens is 2. The van der Waals surface area contributed by atoms with E-state index in [1.165, 1.54) is 6.42 Å². The predicted octanol–water partition coefficient (Wildman–Crippen LogP) is 2.63. The van der Waals surface area contributed by atoms with E-state index in [1.54, 1.807) is 0 Å². The minimum absolute atomic E-state index is 0. The molecular weight excluding hydrogens is 335 g/mol. The topological polar surface area (TPSA) is 64.2 Å². The maximum Gasteiger partial charge on any atom is 0.242 e. The van der Waals surface area contributed by atoms with Crippen LogP contribution in [0.4, 0.5) is 0 Å². The summed E-state index contributed by atoms with van der Waals surface area (Å²) in [6.07, 6.45) is 11.1. The highest BCUT2D eigenvalue weighted by atomic mass is 35.5. The molecule has 0 atom stereocenters. The summed E-state index contributed by atoms with van der Waals surface area (Å²) in [4.78, 5) is 14.7. The third-order valence-corrected chi connectivity index (χ3v) is 5.08. The molecule has 1 saturated heterocycles. The van der Waals surface area contributed by atoms with Gasteiger partial charge in [0.05, 0.1) is 5.54 Å². The summed E-state index contributed by atoms with van der Waals surface area (Å²) in [5, 5.41) is 4.27. The number of nitrogens with zero attached hydrogens (tertiary/aromatic N) is 3. The fourth-order valence-corrected chi connectivity index (χ4v) is 3.70. The number of amides is 1. The monoisotopic (exact) mass is 362 g/mol. The van der Waals surface area contributed by atoms with Crippen molar-refractivity contribution in [3.05, 3.63) is 18.5 Å². The molecule has 2 heterocycles. The molecule has 5 nitrogen and oxygen atoms in total. The van der Waals surface area contributed by atoms with Crippen LogP contribution in [0.1, 0.15) is 44.9 Å².